The number of sulfonamides is 1. The van der Waals surface area contributed by atoms with E-state index in [0.717, 1.165) is 12.8 Å². The van der Waals surface area contributed by atoms with E-state index in [1.54, 1.807) is 18.2 Å². The van der Waals surface area contributed by atoms with Gasteiger partial charge < -0.3 is 5.32 Å². The van der Waals surface area contributed by atoms with E-state index in [2.05, 4.69) is 5.32 Å². The minimum Gasteiger partial charge on any atom is -0.316 e. The molecule has 1 saturated heterocycles. The Hall–Kier alpha value is -0.130. The van der Waals surface area contributed by atoms with Crippen LogP contribution in [0.1, 0.15) is 26.7 Å². The molecule has 84 valence electrons. The Labute approximate surface area is 86.7 Å². The zero-order chi connectivity index (χ0) is 10.8. The number of likely N-dealkylation sites (N-methyl/N-ethyl adjacent to an activating group) is 1. The van der Waals surface area contributed by atoms with E-state index in [1.165, 1.54) is 0 Å². The lowest BCUT2D eigenvalue weighted by Gasteiger charge is -2.32. The van der Waals surface area contributed by atoms with Gasteiger partial charge in [-0.2, -0.15) is 0 Å². The van der Waals surface area contributed by atoms with E-state index < -0.39 is 10.0 Å². The van der Waals surface area contributed by atoms with Crippen molar-refractivity contribution in [2.45, 2.75) is 38.0 Å². The third kappa shape index (κ3) is 2.46. The first kappa shape index (κ1) is 11.9. The summed E-state index contributed by atoms with van der Waals surface area (Å²) in [7, 11) is -1.16. The molecule has 0 aromatic rings. The second-order valence-electron chi connectivity index (χ2n) is 4.08. The molecule has 1 rings (SSSR count). The predicted octanol–water partition coefficient (Wildman–Crippen LogP) is 0.408. The smallest absolute Gasteiger partial charge is 0.216 e. The molecule has 1 aliphatic heterocycles. The predicted molar refractivity (Wildman–Crippen MR) is 57.7 cm³/mol. The maximum absolute atomic E-state index is 11.8. The van der Waals surface area contributed by atoms with Crippen molar-refractivity contribution in [3.8, 4) is 0 Å². The maximum atomic E-state index is 11.8. The third-order valence-corrected chi connectivity index (χ3v) is 4.99. The molecule has 1 N–H and O–H groups in total. The number of rotatable bonds is 3. The highest BCUT2D eigenvalue weighted by Crippen LogP contribution is 2.16. The van der Waals surface area contributed by atoms with E-state index in [9.17, 15) is 8.42 Å². The van der Waals surface area contributed by atoms with Gasteiger partial charge in [0.25, 0.3) is 0 Å². The number of piperidine rings is 1. The van der Waals surface area contributed by atoms with Crippen LogP contribution in [-0.4, -0.2) is 44.2 Å². The SMILES string of the molecule is CNC1CCCN(S(=O)(=O)C(C)C)C1. The minimum atomic E-state index is -3.05. The van der Waals surface area contributed by atoms with Crippen LogP contribution >= 0.6 is 0 Å². The van der Waals surface area contributed by atoms with Crippen molar-refractivity contribution in [1.29, 1.82) is 0 Å². The van der Waals surface area contributed by atoms with Gasteiger partial charge in [0, 0.05) is 19.1 Å². The molecule has 0 spiro atoms. The average Bonchev–Trinajstić information content (AvgIpc) is 2.17. The van der Waals surface area contributed by atoms with Crippen LogP contribution in [0.2, 0.25) is 0 Å². The van der Waals surface area contributed by atoms with Gasteiger partial charge in [-0.15, -0.1) is 0 Å². The summed E-state index contributed by atoms with van der Waals surface area (Å²) in [6, 6.07) is 0.317. The van der Waals surface area contributed by atoms with Crippen molar-refractivity contribution in [2.24, 2.45) is 0 Å². The van der Waals surface area contributed by atoms with Gasteiger partial charge in [0.15, 0.2) is 0 Å². The molecule has 0 radical (unpaired) electrons. The van der Waals surface area contributed by atoms with Gasteiger partial charge in [0.2, 0.25) is 10.0 Å². The summed E-state index contributed by atoms with van der Waals surface area (Å²) in [5.74, 6) is 0. The topological polar surface area (TPSA) is 49.4 Å². The molecule has 0 saturated carbocycles. The molecule has 0 bridgehead atoms. The number of nitrogens with one attached hydrogen (secondary N) is 1. The molecule has 5 heteroatoms. The standard InChI is InChI=1S/C9H20N2O2S/c1-8(2)14(12,13)11-6-4-5-9(7-11)10-3/h8-10H,4-7H2,1-3H3. The number of hydrogen-bond donors (Lipinski definition) is 1. The Balaban J connectivity index is 2.69. The molecule has 0 aromatic carbocycles. The largest absolute Gasteiger partial charge is 0.316 e. The van der Waals surface area contributed by atoms with Crippen molar-refractivity contribution in [1.82, 2.24) is 9.62 Å². The Morgan fingerprint density at radius 2 is 2.07 bits per heavy atom. The van der Waals surface area contributed by atoms with Gasteiger partial charge in [-0.05, 0) is 33.7 Å². The van der Waals surface area contributed by atoms with Crippen LogP contribution < -0.4 is 5.32 Å². The highest BCUT2D eigenvalue weighted by Gasteiger charge is 2.30. The van der Waals surface area contributed by atoms with E-state index >= 15 is 0 Å². The lowest BCUT2D eigenvalue weighted by Crippen LogP contribution is -2.48. The third-order valence-electron chi connectivity index (χ3n) is 2.75. The first-order chi connectivity index (χ1) is 6.48. The summed E-state index contributed by atoms with van der Waals surface area (Å²) in [6.45, 7) is 4.77. The lowest BCUT2D eigenvalue weighted by atomic mass is 10.1. The van der Waals surface area contributed by atoms with Crippen LogP contribution in [0.4, 0.5) is 0 Å². The fraction of sp³-hybridized carbons (Fsp3) is 1.00. The van der Waals surface area contributed by atoms with Gasteiger partial charge in [-0.3, -0.25) is 0 Å². The monoisotopic (exact) mass is 220 g/mol. The average molecular weight is 220 g/mol. The second kappa shape index (κ2) is 4.59. The number of nitrogens with zero attached hydrogens (tertiary/aromatic N) is 1. The molecule has 0 aromatic heterocycles. The van der Waals surface area contributed by atoms with Crippen LogP contribution in [-0.2, 0) is 10.0 Å². The van der Waals surface area contributed by atoms with Gasteiger partial charge in [0.05, 0.1) is 5.25 Å². The molecule has 1 atom stereocenters. The Kier molecular flexibility index (Phi) is 3.92. The highest BCUT2D eigenvalue weighted by molar-refractivity contribution is 7.89. The lowest BCUT2D eigenvalue weighted by molar-refractivity contribution is 0.291. The molecular weight excluding hydrogens is 200 g/mol. The van der Waals surface area contributed by atoms with Gasteiger partial charge in [-0.25, -0.2) is 12.7 Å². The van der Waals surface area contributed by atoms with E-state index in [-0.39, 0.29) is 5.25 Å². The zero-order valence-electron chi connectivity index (χ0n) is 9.16. The summed E-state index contributed by atoms with van der Waals surface area (Å²) < 4.78 is 25.3. The fourth-order valence-corrected chi connectivity index (χ4v) is 3.07. The maximum Gasteiger partial charge on any atom is 0.216 e. The second-order valence-corrected chi connectivity index (χ2v) is 6.57. The van der Waals surface area contributed by atoms with E-state index in [1.807, 2.05) is 7.05 Å². The molecule has 1 fully saturated rings. The van der Waals surface area contributed by atoms with Crippen molar-refractivity contribution in [3.63, 3.8) is 0 Å². The summed E-state index contributed by atoms with van der Waals surface area (Å²) in [5, 5.41) is 2.83. The van der Waals surface area contributed by atoms with Crippen molar-refractivity contribution < 1.29 is 8.42 Å². The molecule has 0 amide bonds. The minimum absolute atomic E-state index is 0.307. The molecule has 0 aliphatic carbocycles. The Morgan fingerprint density at radius 1 is 1.43 bits per heavy atom. The molecule has 1 unspecified atom stereocenters. The van der Waals surface area contributed by atoms with Gasteiger partial charge in [-0.1, -0.05) is 0 Å². The van der Waals surface area contributed by atoms with Crippen molar-refractivity contribution in [3.05, 3.63) is 0 Å². The summed E-state index contributed by atoms with van der Waals surface area (Å²) in [5.41, 5.74) is 0. The van der Waals surface area contributed by atoms with Crippen LogP contribution in [0.15, 0.2) is 0 Å². The molecule has 1 aliphatic rings. The van der Waals surface area contributed by atoms with Crippen LogP contribution in [0.25, 0.3) is 0 Å². The first-order valence-corrected chi connectivity index (χ1v) is 6.65. The van der Waals surface area contributed by atoms with Gasteiger partial charge in [0.1, 0.15) is 0 Å². The first-order valence-electron chi connectivity index (χ1n) is 5.14. The Morgan fingerprint density at radius 3 is 2.57 bits per heavy atom. The fourth-order valence-electron chi connectivity index (χ4n) is 1.71. The molecule has 14 heavy (non-hydrogen) atoms. The molecule has 4 nitrogen and oxygen atoms in total. The highest BCUT2D eigenvalue weighted by atomic mass is 32.2. The summed E-state index contributed by atoms with van der Waals surface area (Å²) in [4.78, 5) is 0. The van der Waals surface area contributed by atoms with Crippen LogP contribution in [0.3, 0.4) is 0 Å². The normalized spacial score (nSPS) is 25.6. The van der Waals surface area contributed by atoms with Gasteiger partial charge >= 0.3 is 0 Å². The molecular formula is C9H20N2O2S. The summed E-state index contributed by atoms with van der Waals surface area (Å²) in [6.07, 6.45) is 2.03. The van der Waals surface area contributed by atoms with Crippen molar-refractivity contribution >= 4 is 10.0 Å². The van der Waals surface area contributed by atoms with E-state index in [4.69, 9.17) is 0 Å². The zero-order valence-corrected chi connectivity index (χ0v) is 9.97. The summed E-state index contributed by atoms with van der Waals surface area (Å²) >= 11 is 0. The van der Waals surface area contributed by atoms with Crippen LogP contribution in [0, 0.1) is 0 Å². The van der Waals surface area contributed by atoms with Crippen molar-refractivity contribution in [2.75, 3.05) is 20.1 Å². The number of hydrogen-bond acceptors (Lipinski definition) is 3. The quantitative estimate of drug-likeness (QED) is 0.749. The van der Waals surface area contributed by atoms with E-state index in [0.29, 0.717) is 19.1 Å². The molecule has 1 heterocycles. The van der Waals surface area contributed by atoms with Crippen LogP contribution in [0.5, 0.6) is 0 Å². The Bertz CT molecular complexity index is 275.